The van der Waals surface area contributed by atoms with E-state index in [-0.39, 0.29) is 5.56 Å². The van der Waals surface area contributed by atoms with Crippen LogP contribution in [-0.4, -0.2) is 71.2 Å². The number of hydrogen-bond donors (Lipinski definition) is 2. The van der Waals surface area contributed by atoms with Gasteiger partial charge >= 0.3 is 0 Å². The van der Waals surface area contributed by atoms with E-state index < -0.39 is 23.6 Å². The Bertz CT molecular complexity index is 1210. The molecule has 1 saturated heterocycles. The van der Waals surface area contributed by atoms with Crippen molar-refractivity contribution in [1.29, 1.82) is 0 Å². The number of pyridine rings is 1. The molecule has 1 fully saturated rings. The number of aliphatic hydroxyl groups excluding tert-OH is 1. The van der Waals surface area contributed by atoms with Gasteiger partial charge in [0.25, 0.3) is 5.91 Å². The SMILES string of the molecule is O=C(c1cc(F)ccc1F)N1CCN(CC(O)CNc2c3c(nc4ccccc24)CCC3)CC1. The van der Waals surface area contributed by atoms with Crippen molar-refractivity contribution in [2.75, 3.05) is 44.6 Å². The summed E-state index contributed by atoms with van der Waals surface area (Å²) in [5.41, 5.74) is 4.20. The van der Waals surface area contributed by atoms with Crippen molar-refractivity contribution in [3.63, 3.8) is 0 Å². The van der Waals surface area contributed by atoms with Gasteiger partial charge in [0.15, 0.2) is 0 Å². The standard InChI is InChI=1S/C26H28F2N4O2/c27-17-8-9-22(28)21(14-17)26(34)32-12-10-31(11-13-32)16-18(33)15-29-25-19-4-1-2-6-23(19)30-24-7-3-5-20(24)25/h1-2,4,6,8-9,14,18,33H,3,5,7,10-13,15-16H2,(H,29,30). The van der Waals surface area contributed by atoms with Crippen molar-refractivity contribution in [1.82, 2.24) is 14.8 Å². The number of carbonyl (C=O) groups excluding carboxylic acids is 1. The molecule has 3 aromatic rings. The van der Waals surface area contributed by atoms with E-state index in [2.05, 4.69) is 16.3 Å². The van der Waals surface area contributed by atoms with Gasteiger partial charge in [-0.1, -0.05) is 18.2 Å². The molecule has 1 aliphatic carbocycles. The lowest BCUT2D eigenvalue weighted by Crippen LogP contribution is -2.51. The van der Waals surface area contributed by atoms with E-state index >= 15 is 0 Å². The lowest BCUT2D eigenvalue weighted by molar-refractivity contribution is 0.0543. The number of nitrogens with zero attached hydrogens (tertiary/aromatic N) is 3. The largest absolute Gasteiger partial charge is 0.390 e. The first-order valence-corrected chi connectivity index (χ1v) is 11.8. The van der Waals surface area contributed by atoms with Crippen molar-refractivity contribution in [3.05, 3.63) is 70.9 Å². The summed E-state index contributed by atoms with van der Waals surface area (Å²) in [6.45, 7) is 2.80. The summed E-state index contributed by atoms with van der Waals surface area (Å²) in [7, 11) is 0. The summed E-state index contributed by atoms with van der Waals surface area (Å²) >= 11 is 0. The number of aromatic nitrogens is 1. The Morgan fingerprint density at radius 3 is 2.71 bits per heavy atom. The molecule has 34 heavy (non-hydrogen) atoms. The molecule has 2 N–H and O–H groups in total. The second-order valence-electron chi connectivity index (χ2n) is 9.03. The number of aryl methyl sites for hydroxylation is 1. The second-order valence-corrected chi connectivity index (χ2v) is 9.03. The fraction of sp³-hybridized carbons (Fsp3) is 0.385. The molecule has 178 valence electrons. The third-order valence-electron chi connectivity index (χ3n) is 6.72. The molecule has 0 saturated carbocycles. The third kappa shape index (κ3) is 4.60. The molecular weight excluding hydrogens is 438 g/mol. The monoisotopic (exact) mass is 466 g/mol. The van der Waals surface area contributed by atoms with Crippen LogP contribution in [0.25, 0.3) is 10.9 Å². The first kappa shape index (κ1) is 22.7. The predicted molar refractivity (Wildman–Crippen MR) is 127 cm³/mol. The predicted octanol–water partition coefficient (Wildman–Crippen LogP) is 3.23. The molecule has 1 aliphatic heterocycles. The molecule has 6 nitrogen and oxygen atoms in total. The van der Waals surface area contributed by atoms with Gasteiger partial charge in [0.1, 0.15) is 11.6 Å². The number of carbonyl (C=O) groups is 1. The van der Waals surface area contributed by atoms with Crippen LogP contribution in [0.3, 0.4) is 0 Å². The summed E-state index contributed by atoms with van der Waals surface area (Å²) in [4.78, 5) is 21.0. The zero-order valence-electron chi connectivity index (χ0n) is 18.9. The fourth-order valence-corrected chi connectivity index (χ4v) is 4.96. The molecule has 8 heteroatoms. The third-order valence-corrected chi connectivity index (χ3v) is 6.72. The maximum absolute atomic E-state index is 14.0. The smallest absolute Gasteiger partial charge is 0.257 e. The lowest BCUT2D eigenvalue weighted by Gasteiger charge is -2.35. The van der Waals surface area contributed by atoms with Gasteiger partial charge in [-0.3, -0.25) is 14.7 Å². The van der Waals surface area contributed by atoms with E-state index in [1.165, 1.54) is 10.5 Å². The molecule has 0 bridgehead atoms. The first-order chi connectivity index (χ1) is 16.5. The number of para-hydroxylation sites is 1. The van der Waals surface area contributed by atoms with Crippen LogP contribution in [0, 0.1) is 11.6 Å². The number of rotatable bonds is 6. The summed E-state index contributed by atoms with van der Waals surface area (Å²) in [6.07, 6.45) is 2.48. The van der Waals surface area contributed by atoms with Crippen LogP contribution < -0.4 is 5.32 Å². The van der Waals surface area contributed by atoms with Crippen molar-refractivity contribution >= 4 is 22.5 Å². The summed E-state index contributed by atoms with van der Waals surface area (Å²) in [5, 5.41) is 15.3. The van der Waals surface area contributed by atoms with Gasteiger partial charge in [0.05, 0.1) is 17.2 Å². The van der Waals surface area contributed by atoms with E-state index in [1.54, 1.807) is 0 Å². The molecule has 5 rings (SSSR count). The number of anilines is 1. The molecule has 2 aliphatic rings. The van der Waals surface area contributed by atoms with Crippen molar-refractivity contribution in [2.24, 2.45) is 0 Å². The number of fused-ring (bicyclic) bond motifs is 2. The summed E-state index contributed by atoms with van der Waals surface area (Å²) in [6, 6.07) is 11.0. The first-order valence-electron chi connectivity index (χ1n) is 11.8. The van der Waals surface area contributed by atoms with Gasteiger partial charge < -0.3 is 15.3 Å². The van der Waals surface area contributed by atoms with E-state index in [0.29, 0.717) is 39.3 Å². The highest BCUT2D eigenvalue weighted by molar-refractivity contribution is 5.95. The molecule has 0 radical (unpaired) electrons. The Kier molecular flexibility index (Phi) is 6.43. The van der Waals surface area contributed by atoms with E-state index in [1.807, 2.05) is 18.2 Å². The number of β-amino-alcohol motifs (C(OH)–C–C–N with tert-alkyl or cyclic N) is 1. The topological polar surface area (TPSA) is 68.7 Å². The molecule has 2 aromatic carbocycles. The second kappa shape index (κ2) is 9.64. The van der Waals surface area contributed by atoms with E-state index in [4.69, 9.17) is 4.98 Å². The quantitative estimate of drug-likeness (QED) is 0.584. The van der Waals surface area contributed by atoms with Gasteiger partial charge in [0.2, 0.25) is 0 Å². The van der Waals surface area contributed by atoms with Gasteiger partial charge in [-0.05, 0) is 49.1 Å². The fourth-order valence-electron chi connectivity index (χ4n) is 4.96. The minimum absolute atomic E-state index is 0.241. The summed E-state index contributed by atoms with van der Waals surface area (Å²) in [5.74, 6) is -1.85. The highest BCUT2D eigenvalue weighted by Crippen LogP contribution is 2.33. The molecule has 1 aromatic heterocycles. The number of aliphatic hydroxyl groups is 1. The lowest BCUT2D eigenvalue weighted by atomic mass is 10.1. The van der Waals surface area contributed by atoms with Crippen LogP contribution >= 0.6 is 0 Å². The van der Waals surface area contributed by atoms with Crippen LogP contribution in [0.2, 0.25) is 0 Å². The average Bonchev–Trinajstić information content (AvgIpc) is 3.31. The number of amides is 1. The van der Waals surface area contributed by atoms with Crippen LogP contribution in [0.15, 0.2) is 42.5 Å². The average molecular weight is 467 g/mol. The molecular formula is C26H28F2N4O2. The highest BCUT2D eigenvalue weighted by Gasteiger charge is 2.26. The van der Waals surface area contributed by atoms with Crippen LogP contribution in [0.1, 0.15) is 28.0 Å². The molecule has 1 unspecified atom stereocenters. The number of benzene rings is 2. The number of piperazine rings is 1. The zero-order chi connectivity index (χ0) is 23.7. The normalized spacial score (nSPS) is 17.1. The maximum Gasteiger partial charge on any atom is 0.257 e. The van der Waals surface area contributed by atoms with E-state index in [9.17, 15) is 18.7 Å². The van der Waals surface area contributed by atoms with Gasteiger partial charge in [-0.2, -0.15) is 0 Å². The Balaban J connectivity index is 1.17. The van der Waals surface area contributed by atoms with Gasteiger partial charge in [-0.15, -0.1) is 0 Å². The van der Waals surface area contributed by atoms with Crippen molar-refractivity contribution in [3.8, 4) is 0 Å². The minimum Gasteiger partial charge on any atom is -0.390 e. The van der Waals surface area contributed by atoms with Crippen LogP contribution in [0.4, 0.5) is 14.5 Å². The minimum atomic E-state index is -0.717. The molecule has 1 atom stereocenters. The Morgan fingerprint density at radius 2 is 1.88 bits per heavy atom. The van der Waals surface area contributed by atoms with Gasteiger partial charge in [-0.25, -0.2) is 8.78 Å². The Morgan fingerprint density at radius 1 is 1.09 bits per heavy atom. The Hall–Kier alpha value is -3.10. The molecule has 1 amide bonds. The molecule has 2 heterocycles. The van der Waals surface area contributed by atoms with E-state index in [0.717, 1.165) is 59.7 Å². The summed E-state index contributed by atoms with van der Waals surface area (Å²) < 4.78 is 27.4. The number of hydrogen-bond acceptors (Lipinski definition) is 5. The maximum atomic E-state index is 14.0. The van der Waals surface area contributed by atoms with Crippen molar-refractivity contribution < 1.29 is 18.7 Å². The number of halogens is 2. The number of nitrogens with one attached hydrogen (secondary N) is 1. The van der Waals surface area contributed by atoms with Gasteiger partial charge in [0, 0.05) is 56.0 Å². The zero-order valence-corrected chi connectivity index (χ0v) is 18.9. The molecule has 0 spiro atoms. The van der Waals surface area contributed by atoms with Crippen molar-refractivity contribution in [2.45, 2.75) is 25.4 Å². The Labute approximate surface area is 197 Å². The van der Waals surface area contributed by atoms with Crippen LogP contribution in [0.5, 0.6) is 0 Å². The van der Waals surface area contributed by atoms with Crippen LogP contribution in [-0.2, 0) is 12.8 Å². The highest BCUT2D eigenvalue weighted by atomic mass is 19.1.